The first-order chi connectivity index (χ1) is 7.29. The van der Waals surface area contributed by atoms with Gasteiger partial charge in [0.05, 0.1) is 13.7 Å². The Balaban J connectivity index is 2.23. The van der Waals surface area contributed by atoms with Crippen molar-refractivity contribution < 1.29 is 4.74 Å². The predicted molar refractivity (Wildman–Crippen MR) is 56.5 cm³/mol. The highest BCUT2D eigenvalue weighted by Crippen LogP contribution is 2.16. The molecule has 2 aromatic rings. The Kier molecular flexibility index (Phi) is 2.53. The summed E-state index contributed by atoms with van der Waals surface area (Å²) < 4.78 is 6.96. The first-order valence-corrected chi connectivity index (χ1v) is 4.55. The molecule has 0 spiro atoms. The molecule has 78 valence electrons. The van der Waals surface area contributed by atoms with Crippen LogP contribution in [0.2, 0.25) is 0 Å². The minimum atomic E-state index is 0.512. The fourth-order valence-electron chi connectivity index (χ4n) is 1.37. The van der Waals surface area contributed by atoms with E-state index in [0.717, 1.165) is 11.3 Å². The number of nitrogens with two attached hydrogens (primary N) is 1. The minimum absolute atomic E-state index is 0.512. The summed E-state index contributed by atoms with van der Waals surface area (Å²) in [5, 5.41) is 4.09. The number of methoxy groups -OCH3 is 1. The van der Waals surface area contributed by atoms with Crippen LogP contribution in [0.4, 0.5) is 5.82 Å². The Morgan fingerprint density at radius 2 is 2.33 bits per heavy atom. The number of anilines is 1. The fraction of sp³-hybridized carbons (Fsp3) is 0.200. The van der Waals surface area contributed by atoms with Gasteiger partial charge in [0.2, 0.25) is 0 Å². The summed E-state index contributed by atoms with van der Waals surface area (Å²) in [5.41, 5.74) is 6.50. The molecule has 0 aliphatic heterocycles. The molecule has 2 aromatic heterocycles. The van der Waals surface area contributed by atoms with E-state index in [2.05, 4.69) is 10.1 Å². The molecular weight excluding hydrogens is 192 g/mol. The van der Waals surface area contributed by atoms with Crippen LogP contribution < -0.4 is 10.5 Å². The fourth-order valence-corrected chi connectivity index (χ4v) is 1.37. The molecule has 15 heavy (non-hydrogen) atoms. The molecule has 5 nitrogen and oxygen atoms in total. The molecule has 2 N–H and O–H groups in total. The van der Waals surface area contributed by atoms with Crippen molar-refractivity contribution in [3.05, 3.63) is 36.3 Å². The molecule has 0 aliphatic carbocycles. The Morgan fingerprint density at radius 3 is 3.00 bits per heavy atom. The first kappa shape index (κ1) is 9.51. The van der Waals surface area contributed by atoms with E-state index in [1.807, 2.05) is 12.3 Å². The normalized spacial score (nSPS) is 10.2. The highest BCUT2D eigenvalue weighted by Gasteiger charge is 2.03. The third-order valence-electron chi connectivity index (χ3n) is 2.07. The summed E-state index contributed by atoms with van der Waals surface area (Å²) in [4.78, 5) is 4.04. The van der Waals surface area contributed by atoms with E-state index in [1.54, 1.807) is 30.3 Å². The Hall–Kier alpha value is -2.04. The Bertz CT molecular complexity index is 452. The summed E-state index contributed by atoms with van der Waals surface area (Å²) in [6, 6.07) is 3.57. The van der Waals surface area contributed by atoms with E-state index in [-0.39, 0.29) is 0 Å². The van der Waals surface area contributed by atoms with Crippen LogP contribution in [0.25, 0.3) is 0 Å². The van der Waals surface area contributed by atoms with Crippen LogP contribution in [0.1, 0.15) is 5.56 Å². The molecule has 0 unspecified atom stereocenters. The minimum Gasteiger partial charge on any atom is -0.496 e. The van der Waals surface area contributed by atoms with Gasteiger partial charge in [-0.1, -0.05) is 0 Å². The van der Waals surface area contributed by atoms with Gasteiger partial charge >= 0.3 is 0 Å². The zero-order valence-electron chi connectivity index (χ0n) is 8.42. The zero-order valence-corrected chi connectivity index (χ0v) is 8.42. The number of nitrogens with zero attached hydrogens (tertiary/aromatic N) is 3. The maximum Gasteiger partial charge on any atom is 0.145 e. The number of aromatic nitrogens is 3. The van der Waals surface area contributed by atoms with Gasteiger partial charge in [0, 0.05) is 24.2 Å². The molecule has 0 amide bonds. The Labute approximate surface area is 87.5 Å². The van der Waals surface area contributed by atoms with Crippen LogP contribution >= 0.6 is 0 Å². The quantitative estimate of drug-likeness (QED) is 0.807. The van der Waals surface area contributed by atoms with Gasteiger partial charge < -0.3 is 10.5 Å². The smallest absolute Gasteiger partial charge is 0.145 e. The maximum atomic E-state index is 5.52. The topological polar surface area (TPSA) is 66.0 Å². The van der Waals surface area contributed by atoms with Gasteiger partial charge in [-0.05, 0) is 12.1 Å². The van der Waals surface area contributed by atoms with Crippen LogP contribution in [0.15, 0.2) is 30.7 Å². The number of pyridine rings is 1. The van der Waals surface area contributed by atoms with Crippen LogP contribution in [0.3, 0.4) is 0 Å². The van der Waals surface area contributed by atoms with E-state index in [9.17, 15) is 0 Å². The molecule has 0 atom stereocenters. The van der Waals surface area contributed by atoms with Crippen molar-refractivity contribution in [1.29, 1.82) is 0 Å². The third kappa shape index (κ3) is 2.07. The standard InChI is InChI=1S/C10H12N4O/c1-15-9-2-4-12-6-8(9)7-14-5-3-10(11)13-14/h2-6H,7H2,1H3,(H2,11,13). The lowest BCUT2D eigenvalue weighted by molar-refractivity contribution is 0.406. The summed E-state index contributed by atoms with van der Waals surface area (Å²) >= 11 is 0. The number of hydrogen-bond acceptors (Lipinski definition) is 4. The third-order valence-corrected chi connectivity index (χ3v) is 2.07. The average molecular weight is 204 g/mol. The van der Waals surface area contributed by atoms with E-state index in [1.165, 1.54) is 0 Å². The second-order valence-corrected chi connectivity index (χ2v) is 3.13. The number of nitrogen functional groups attached to an aromatic ring is 1. The molecule has 2 rings (SSSR count). The highest BCUT2D eigenvalue weighted by molar-refractivity contribution is 5.31. The molecule has 0 aromatic carbocycles. The molecule has 0 fully saturated rings. The van der Waals surface area contributed by atoms with Gasteiger partial charge in [-0.3, -0.25) is 9.67 Å². The zero-order chi connectivity index (χ0) is 10.7. The van der Waals surface area contributed by atoms with Crippen molar-refractivity contribution >= 4 is 5.82 Å². The van der Waals surface area contributed by atoms with Crippen molar-refractivity contribution in [2.75, 3.05) is 12.8 Å². The number of rotatable bonds is 3. The van der Waals surface area contributed by atoms with Crippen molar-refractivity contribution in [3.8, 4) is 5.75 Å². The highest BCUT2D eigenvalue weighted by atomic mass is 16.5. The molecule has 0 saturated carbocycles. The van der Waals surface area contributed by atoms with E-state index in [4.69, 9.17) is 10.5 Å². The molecule has 0 saturated heterocycles. The second kappa shape index (κ2) is 4.00. The summed E-state index contributed by atoms with van der Waals surface area (Å²) in [7, 11) is 1.64. The average Bonchev–Trinajstić information content (AvgIpc) is 2.65. The van der Waals surface area contributed by atoms with Gasteiger partial charge in [-0.15, -0.1) is 0 Å². The summed E-state index contributed by atoms with van der Waals surface area (Å²) in [6.45, 7) is 0.605. The van der Waals surface area contributed by atoms with Crippen LogP contribution in [0, 0.1) is 0 Å². The molecular formula is C10H12N4O. The van der Waals surface area contributed by atoms with Crippen LogP contribution in [-0.4, -0.2) is 21.9 Å². The van der Waals surface area contributed by atoms with Gasteiger partial charge in [-0.25, -0.2) is 0 Å². The maximum absolute atomic E-state index is 5.52. The lowest BCUT2D eigenvalue weighted by Gasteiger charge is -2.06. The van der Waals surface area contributed by atoms with E-state index < -0.39 is 0 Å². The largest absolute Gasteiger partial charge is 0.496 e. The second-order valence-electron chi connectivity index (χ2n) is 3.13. The van der Waals surface area contributed by atoms with E-state index >= 15 is 0 Å². The monoisotopic (exact) mass is 204 g/mol. The summed E-state index contributed by atoms with van der Waals surface area (Å²) in [6.07, 6.45) is 5.28. The molecule has 2 heterocycles. The molecule has 5 heteroatoms. The summed E-state index contributed by atoms with van der Waals surface area (Å²) in [5.74, 6) is 1.32. The lowest BCUT2D eigenvalue weighted by atomic mass is 10.2. The van der Waals surface area contributed by atoms with Crippen LogP contribution in [-0.2, 0) is 6.54 Å². The van der Waals surface area contributed by atoms with Gasteiger partial charge in [0.25, 0.3) is 0 Å². The molecule has 0 aliphatic rings. The molecule has 0 radical (unpaired) electrons. The van der Waals surface area contributed by atoms with Crippen molar-refractivity contribution in [3.63, 3.8) is 0 Å². The van der Waals surface area contributed by atoms with Gasteiger partial charge in [0.15, 0.2) is 0 Å². The first-order valence-electron chi connectivity index (χ1n) is 4.55. The van der Waals surface area contributed by atoms with Crippen LogP contribution in [0.5, 0.6) is 5.75 Å². The lowest BCUT2D eigenvalue weighted by Crippen LogP contribution is -2.03. The van der Waals surface area contributed by atoms with Gasteiger partial charge in [0.1, 0.15) is 11.6 Å². The molecule has 0 bridgehead atoms. The van der Waals surface area contributed by atoms with E-state index in [0.29, 0.717) is 12.4 Å². The SMILES string of the molecule is COc1ccncc1Cn1ccc(N)n1. The predicted octanol–water partition coefficient (Wildman–Crippen LogP) is 0.917. The Morgan fingerprint density at radius 1 is 1.47 bits per heavy atom. The van der Waals surface area contributed by atoms with Crippen molar-refractivity contribution in [2.45, 2.75) is 6.54 Å². The van der Waals surface area contributed by atoms with Crippen molar-refractivity contribution in [2.24, 2.45) is 0 Å². The van der Waals surface area contributed by atoms with Gasteiger partial charge in [-0.2, -0.15) is 5.10 Å². The van der Waals surface area contributed by atoms with Crippen molar-refractivity contribution in [1.82, 2.24) is 14.8 Å². The number of ether oxygens (including phenoxy) is 1. The number of hydrogen-bond donors (Lipinski definition) is 1.